The Kier molecular flexibility index (Phi) is 13.6. The average molecular weight is 1210 g/mol. The molecular weight excluding hydrogens is 1130 g/mol. The molecule has 0 N–H and O–H groups in total. The van der Waals surface area contributed by atoms with Gasteiger partial charge in [0.05, 0.1) is 22.1 Å². The van der Waals surface area contributed by atoms with Crippen molar-refractivity contribution in [3.8, 4) is 34.4 Å². The fraction of sp³-hybridized carbons (Fsp3) is 0.259. The SMILES string of the molecule is Cc1cc(C)c(B2c3cc(C(C)(C)C)ccc3N3c4ccc(C(C)(C)C)cc4B(c4c(C)cc(C)cc4C)c4cc(-n5c6ccccc6c6ccc7c8ccccc8n(-c8nc(-c9ccc(C(C)(C)C)cc9)nc(-c9ccc(C(C)(C)C)cc9)n8)c7c65)cc2c43)c(C)c1. The first-order valence-corrected chi connectivity index (χ1v) is 33.5. The van der Waals surface area contributed by atoms with E-state index in [9.17, 15) is 0 Å². The molecular formula is C85H84B2N6. The van der Waals surface area contributed by atoms with E-state index < -0.39 is 0 Å². The van der Waals surface area contributed by atoms with Crippen LogP contribution in [0.2, 0.25) is 0 Å². The van der Waals surface area contributed by atoms with Gasteiger partial charge in [-0.2, -0.15) is 9.97 Å². The summed E-state index contributed by atoms with van der Waals surface area (Å²) in [6.07, 6.45) is 0. The van der Waals surface area contributed by atoms with Crippen molar-refractivity contribution in [1.29, 1.82) is 0 Å². The molecule has 0 radical (unpaired) electrons. The van der Waals surface area contributed by atoms with E-state index in [2.05, 4.69) is 321 Å². The fourth-order valence-corrected chi connectivity index (χ4v) is 16.0. The highest BCUT2D eigenvalue weighted by Crippen LogP contribution is 2.45. The molecule has 93 heavy (non-hydrogen) atoms. The summed E-state index contributed by atoms with van der Waals surface area (Å²) >= 11 is 0. The van der Waals surface area contributed by atoms with Gasteiger partial charge in [-0.15, -0.1) is 0 Å². The molecule has 0 unspecified atom stereocenters. The van der Waals surface area contributed by atoms with Crippen molar-refractivity contribution in [3.05, 3.63) is 238 Å². The Balaban J connectivity index is 1.11. The van der Waals surface area contributed by atoms with E-state index in [1.54, 1.807) is 0 Å². The Hall–Kier alpha value is -9.26. The Labute approximate surface area is 551 Å². The van der Waals surface area contributed by atoms with Gasteiger partial charge in [-0.05, 0) is 144 Å². The van der Waals surface area contributed by atoms with E-state index in [4.69, 9.17) is 15.0 Å². The maximum Gasteiger partial charge on any atom is 0.247 e. The first kappa shape index (κ1) is 60.0. The summed E-state index contributed by atoms with van der Waals surface area (Å²) in [5, 5.41) is 4.59. The predicted molar refractivity (Wildman–Crippen MR) is 399 cm³/mol. The number of hydrogen-bond donors (Lipinski definition) is 0. The Morgan fingerprint density at radius 1 is 0.333 bits per heavy atom. The van der Waals surface area contributed by atoms with Gasteiger partial charge in [-0.3, -0.25) is 4.57 Å². The minimum absolute atomic E-state index is 0.0236. The lowest BCUT2D eigenvalue weighted by Crippen LogP contribution is -2.66. The van der Waals surface area contributed by atoms with Crippen LogP contribution in [0, 0.1) is 41.5 Å². The van der Waals surface area contributed by atoms with Crippen molar-refractivity contribution in [2.24, 2.45) is 0 Å². The lowest BCUT2D eigenvalue weighted by Gasteiger charge is -2.45. The molecule has 0 fully saturated rings. The quantitative estimate of drug-likeness (QED) is 0.156. The standard InChI is InChI=1S/C85H84B2N6/c1-49-41-51(3)74(52(4)42-49)86-66-45-59(84(13,14)15)35-39-72(66)92-73-40-36-60(85(16,17)18)46-67(73)87(75-53(5)43-50(2)44-54(75)6)69-48-61(47-68(86)78(69)92)91-70-25-21-19-23-62(70)64-37-38-65-63-24-20-22-26-71(63)93(77(65)76(64)91)81-89-79(55-27-31-57(32-28-55)82(7,8)9)88-80(90-81)56-29-33-58(34-30-56)83(10,11)12/h19-48H,1-18H3. The first-order valence-electron chi connectivity index (χ1n) is 33.5. The summed E-state index contributed by atoms with van der Waals surface area (Å²) in [6, 6.07) is 69.9. The Morgan fingerprint density at radius 3 is 1.10 bits per heavy atom. The second-order valence-electron chi connectivity index (χ2n) is 31.3. The maximum atomic E-state index is 5.63. The number of nitrogens with zero attached hydrogens (tertiary/aromatic N) is 6. The number of benzene rings is 10. The minimum Gasteiger partial charge on any atom is -0.313 e. The molecule has 2 aliphatic rings. The van der Waals surface area contributed by atoms with E-state index >= 15 is 0 Å². The van der Waals surface area contributed by atoms with Crippen LogP contribution in [0.1, 0.15) is 139 Å². The van der Waals surface area contributed by atoms with Crippen LogP contribution in [0.25, 0.3) is 78.0 Å². The Bertz CT molecular complexity index is 4990. The van der Waals surface area contributed by atoms with Crippen molar-refractivity contribution in [1.82, 2.24) is 24.1 Å². The third-order valence-electron chi connectivity index (χ3n) is 20.5. The highest BCUT2D eigenvalue weighted by molar-refractivity contribution is 7.02. The molecule has 0 saturated carbocycles. The van der Waals surface area contributed by atoms with E-state index in [1.165, 1.54) is 111 Å². The molecule has 13 aromatic rings. The molecule has 0 aliphatic carbocycles. The van der Waals surface area contributed by atoms with Crippen LogP contribution in [-0.2, 0) is 21.7 Å². The minimum atomic E-state index is -0.111. The monoisotopic (exact) mass is 1210 g/mol. The lowest BCUT2D eigenvalue weighted by molar-refractivity contribution is 0.590. The molecule has 15 rings (SSSR count). The lowest BCUT2D eigenvalue weighted by atomic mass is 9.29. The third-order valence-corrected chi connectivity index (χ3v) is 20.5. The number of para-hydroxylation sites is 2. The molecule has 10 aromatic carbocycles. The van der Waals surface area contributed by atoms with Crippen LogP contribution in [-0.4, -0.2) is 37.5 Å². The van der Waals surface area contributed by atoms with Gasteiger partial charge < -0.3 is 9.47 Å². The average Bonchev–Trinajstić information content (AvgIpc) is 1.57. The molecule has 3 aromatic heterocycles. The largest absolute Gasteiger partial charge is 0.313 e. The molecule has 0 atom stereocenters. The third kappa shape index (κ3) is 9.71. The highest BCUT2D eigenvalue weighted by atomic mass is 15.2. The topological polar surface area (TPSA) is 51.8 Å². The summed E-state index contributed by atoms with van der Waals surface area (Å²) in [5.41, 5.74) is 31.7. The number of aromatic nitrogens is 5. The van der Waals surface area contributed by atoms with E-state index in [0.29, 0.717) is 17.6 Å². The van der Waals surface area contributed by atoms with Gasteiger partial charge in [0, 0.05) is 55.4 Å². The second kappa shape index (κ2) is 21.1. The van der Waals surface area contributed by atoms with Gasteiger partial charge in [0.15, 0.2) is 11.6 Å². The van der Waals surface area contributed by atoms with Crippen molar-refractivity contribution in [2.45, 2.75) is 146 Å². The Morgan fingerprint density at radius 2 is 0.699 bits per heavy atom. The maximum absolute atomic E-state index is 5.63. The van der Waals surface area contributed by atoms with Crippen LogP contribution in [0.4, 0.5) is 17.1 Å². The van der Waals surface area contributed by atoms with Crippen molar-refractivity contribution in [2.75, 3.05) is 4.90 Å². The normalized spacial score (nSPS) is 13.4. The van der Waals surface area contributed by atoms with Gasteiger partial charge in [-0.25, -0.2) is 4.98 Å². The zero-order valence-electron chi connectivity index (χ0n) is 57.7. The van der Waals surface area contributed by atoms with Crippen molar-refractivity contribution in [3.63, 3.8) is 0 Å². The fourth-order valence-electron chi connectivity index (χ4n) is 16.0. The van der Waals surface area contributed by atoms with Gasteiger partial charge in [0.2, 0.25) is 19.4 Å². The summed E-state index contributed by atoms with van der Waals surface area (Å²) in [4.78, 5) is 19.3. The number of rotatable bonds is 6. The van der Waals surface area contributed by atoms with Gasteiger partial charge in [-0.1, -0.05) is 273 Å². The molecule has 460 valence electrons. The van der Waals surface area contributed by atoms with E-state index in [-0.39, 0.29) is 35.1 Å². The molecule has 5 heterocycles. The number of fused-ring (bicyclic) bond motifs is 11. The number of anilines is 3. The second-order valence-corrected chi connectivity index (χ2v) is 31.3. The summed E-state index contributed by atoms with van der Waals surface area (Å²) in [6.45, 7) is 41.4. The molecule has 0 saturated heterocycles. The highest BCUT2D eigenvalue weighted by Gasteiger charge is 2.46. The van der Waals surface area contributed by atoms with Gasteiger partial charge in [0.1, 0.15) is 0 Å². The molecule has 0 spiro atoms. The van der Waals surface area contributed by atoms with E-state index in [0.717, 1.165) is 55.0 Å². The first-order chi connectivity index (χ1) is 44.1. The number of hydrogen-bond acceptors (Lipinski definition) is 4. The van der Waals surface area contributed by atoms with E-state index in [1.807, 2.05) is 0 Å². The van der Waals surface area contributed by atoms with Crippen molar-refractivity contribution >= 4 is 107 Å². The van der Waals surface area contributed by atoms with Crippen LogP contribution >= 0.6 is 0 Å². The number of aryl methyl sites for hydroxylation is 6. The molecule has 6 nitrogen and oxygen atoms in total. The van der Waals surface area contributed by atoms with Gasteiger partial charge in [0.25, 0.3) is 0 Å². The molecule has 0 amide bonds. The summed E-state index contributed by atoms with van der Waals surface area (Å²) in [7, 11) is 0. The zero-order valence-corrected chi connectivity index (χ0v) is 57.7. The van der Waals surface area contributed by atoms with Crippen LogP contribution in [0.5, 0.6) is 0 Å². The van der Waals surface area contributed by atoms with Crippen LogP contribution in [0.3, 0.4) is 0 Å². The molecule has 2 aliphatic heterocycles. The zero-order chi connectivity index (χ0) is 65.3. The molecule has 8 heteroatoms. The molecule has 0 bridgehead atoms. The smallest absolute Gasteiger partial charge is 0.247 e. The van der Waals surface area contributed by atoms with Gasteiger partial charge >= 0.3 is 0 Å². The van der Waals surface area contributed by atoms with Crippen LogP contribution < -0.4 is 37.7 Å². The summed E-state index contributed by atoms with van der Waals surface area (Å²) < 4.78 is 4.97. The van der Waals surface area contributed by atoms with Crippen molar-refractivity contribution < 1.29 is 0 Å². The van der Waals surface area contributed by atoms with Crippen LogP contribution in [0.15, 0.2) is 182 Å². The summed E-state index contributed by atoms with van der Waals surface area (Å²) in [5.74, 6) is 1.81. The predicted octanol–water partition coefficient (Wildman–Crippen LogP) is 17.6.